The van der Waals surface area contributed by atoms with Gasteiger partial charge in [-0.15, -0.1) is 11.3 Å². The second-order valence-electron chi connectivity index (χ2n) is 7.13. The molecule has 1 aromatic heterocycles. The molecule has 1 aromatic carbocycles. The van der Waals surface area contributed by atoms with Gasteiger partial charge in [-0.25, -0.2) is 9.37 Å². The first-order valence-corrected chi connectivity index (χ1v) is 10.4. The van der Waals surface area contributed by atoms with E-state index in [0.717, 1.165) is 17.0 Å². The van der Waals surface area contributed by atoms with Crippen LogP contribution in [0.2, 0.25) is 5.02 Å². The highest BCUT2D eigenvalue weighted by atomic mass is 35.5. The van der Waals surface area contributed by atoms with Crippen LogP contribution < -0.4 is 0 Å². The number of nitrogens with zero attached hydrogens (tertiary/aromatic N) is 3. The normalized spacial score (nSPS) is 16.9. The zero-order chi connectivity index (χ0) is 23.0. The summed E-state index contributed by atoms with van der Waals surface area (Å²) in [5.74, 6) is -1.97. The van der Waals surface area contributed by atoms with Gasteiger partial charge in [0.2, 0.25) is 11.5 Å². The fraction of sp³-hybridized carbons (Fsp3) is 0.421. The van der Waals surface area contributed by atoms with Crippen LogP contribution in [-0.2, 0) is 10.4 Å². The maximum Gasteiger partial charge on any atom is 0.424 e. The molecule has 1 aliphatic heterocycles. The van der Waals surface area contributed by atoms with Crippen molar-refractivity contribution in [3.8, 4) is 0 Å². The summed E-state index contributed by atoms with van der Waals surface area (Å²) >= 11 is 6.54. The molecule has 12 heteroatoms. The summed E-state index contributed by atoms with van der Waals surface area (Å²) in [5, 5.41) is 11.1. The lowest BCUT2D eigenvalue weighted by Crippen LogP contribution is -2.53. The molecule has 0 bridgehead atoms. The van der Waals surface area contributed by atoms with Crippen LogP contribution in [0.15, 0.2) is 23.6 Å². The number of rotatable bonds is 4. The van der Waals surface area contributed by atoms with E-state index in [4.69, 9.17) is 11.6 Å². The summed E-state index contributed by atoms with van der Waals surface area (Å²) in [4.78, 5) is 31.4. The van der Waals surface area contributed by atoms with Gasteiger partial charge in [0, 0.05) is 37.3 Å². The topological polar surface area (TPSA) is 73.7 Å². The Morgan fingerprint density at radius 2 is 1.81 bits per heavy atom. The van der Waals surface area contributed by atoms with Crippen LogP contribution in [0.4, 0.5) is 17.6 Å². The number of aromatic nitrogens is 1. The largest absolute Gasteiger partial charge is 0.424 e. The second-order valence-corrected chi connectivity index (χ2v) is 8.39. The number of benzene rings is 1. The van der Waals surface area contributed by atoms with Crippen LogP contribution in [0.1, 0.15) is 27.5 Å². The highest BCUT2D eigenvalue weighted by Crippen LogP contribution is 2.43. The Bertz CT molecular complexity index is 992. The lowest BCUT2D eigenvalue weighted by molar-refractivity contribution is -0.268. The van der Waals surface area contributed by atoms with Crippen molar-refractivity contribution in [2.24, 2.45) is 0 Å². The van der Waals surface area contributed by atoms with Gasteiger partial charge < -0.3 is 14.9 Å². The van der Waals surface area contributed by atoms with Crippen LogP contribution >= 0.6 is 22.9 Å². The van der Waals surface area contributed by atoms with Crippen molar-refractivity contribution >= 4 is 34.8 Å². The number of hydrogen-bond donors (Lipinski definition) is 1. The number of carbonyl (C=O) groups excluding carboxylic acids is 2. The molecule has 1 atom stereocenters. The summed E-state index contributed by atoms with van der Waals surface area (Å²) in [6, 6.07) is 3.35. The third kappa shape index (κ3) is 4.83. The fourth-order valence-electron chi connectivity index (χ4n) is 3.16. The van der Waals surface area contributed by atoms with Crippen molar-refractivity contribution in [3.05, 3.63) is 50.7 Å². The van der Waals surface area contributed by atoms with Crippen molar-refractivity contribution in [1.29, 1.82) is 0 Å². The predicted molar refractivity (Wildman–Crippen MR) is 105 cm³/mol. The van der Waals surface area contributed by atoms with Gasteiger partial charge in [-0.3, -0.25) is 9.59 Å². The Kier molecular flexibility index (Phi) is 6.59. The maximum absolute atomic E-state index is 13.6. The van der Waals surface area contributed by atoms with E-state index in [2.05, 4.69) is 4.98 Å². The van der Waals surface area contributed by atoms with Gasteiger partial charge in [0.15, 0.2) is 0 Å². The Morgan fingerprint density at radius 1 is 1.19 bits per heavy atom. The van der Waals surface area contributed by atoms with E-state index in [9.17, 15) is 32.3 Å². The van der Waals surface area contributed by atoms with Crippen LogP contribution in [0, 0.1) is 12.7 Å². The molecule has 2 amide bonds. The summed E-state index contributed by atoms with van der Waals surface area (Å²) < 4.78 is 54.0. The van der Waals surface area contributed by atoms with Crippen molar-refractivity contribution in [3.63, 3.8) is 0 Å². The van der Waals surface area contributed by atoms with Gasteiger partial charge in [-0.1, -0.05) is 11.6 Å². The van der Waals surface area contributed by atoms with E-state index >= 15 is 0 Å². The molecule has 31 heavy (non-hydrogen) atoms. The number of aryl methyl sites for hydroxylation is 1. The Balaban J connectivity index is 1.67. The summed E-state index contributed by atoms with van der Waals surface area (Å²) in [7, 11) is 0. The minimum Gasteiger partial charge on any atom is -0.374 e. The lowest BCUT2D eigenvalue weighted by atomic mass is 9.98. The van der Waals surface area contributed by atoms with E-state index in [1.165, 1.54) is 23.3 Å². The van der Waals surface area contributed by atoms with E-state index in [1.807, 2.05) is 0 Å². The number of hydrogen-bond acceptors (Lipinski definition) is 5. The molecule has 0 aliphatic carbocycles. The van der Waals surface area contributed by atoms with Gasteiger partial charge >= 0.3 is 6.18 Å². The third-order valence-electron chi connectivity index (χ3n) is 4.93. The van der Waals surface area contributed by atoms with Gasteiger partial charge in [-0.05, 0) is 25.1 Å². The standard InChI is InChI=1S/C19H18ClF4N3O3S/c1-11-10-31-17(25-11)18(30,19(22,23)24)9-15(28)26-4-6-27(7-5-26)16(29)13-3-2-12(21)8-14(13)20/h2-3,8,10,30H,4-7,9H2,1H3. The summed E-state index contributed by atoms with van der Waals surface area (Å²) in [5.41, 5.74) is -2.99. The van der Waals surface area contributed by atoms with E-state index in [1.54, 1.807) is 0 Å². The van der Waals surface area contributed by atoms with Crippen LogP contribution in [0.25, 0.3) is 0 Å². The zero-order valence-electron chi connectivity index (χ0n) is 16.2. The van der Waals surface area contributed by atoms with Gasteiger partial charge in [0.25, 0.3) is 5.91 Å². The van der Waals surface area contributed by atoms with Gasteiger partial charge in [0.1, 0.15) is 10.8 Å². The molecule has 0 saturated carbocycles. The molecule has 0 radical (unpaired) electrons. The fourth-order valence-corrected chi connectivity index (χ4v) is 4.33. The predicted octanol–water partition coefficient (Wildman–Crippen LogP) is 3.37. The van der Waals surface area contributed by atoms with Crippen molar-refractivity contribution in [2.45, 2.75) is 25.1 Å². The van der Waals surface area contributed by atoms with Crippen molar-refractivity contribution < 1.29 is 32.3 Å². The third-order valence-corrected chi connectivity index (χ3v) is 6.35. The van der Waals surface area contributed by atoms with E-state index in [0.29, 0.717) is 17.0 Å². The van der Waals surface area contributed by atoms with Crippen LogP contribution in [0.5, 0.6) is 0 Å². The minimum atomic E-state index is -5.09. The SMILES string of the molecule is Cc1csc(C(O)(CC(=O)N2CCN(C(=O)c3ccc(F)cc3Cl)CC2)C(F)(F)F)n1. The molecule has 1 aliphatic rings. The Morgan fingerprint density at radius 3 is 2.32 bits per heavy atom. The van der Waals surface area contributed by atoms with Crippen LogP contribution in [-0.4, -0.2) is 64.1 Å². The molecule has 3 rings (SSSR count). The lowest BCUT2D eigenvalue weighted by Gasteiger charge is -2.37. The molecule has 6 nitrogen and oxygen atoms in total. The molecular weight excluding hydrogens is 462 g/mol. The highest BCUT2D eigenvalue weighted by Gasteiger charge is 2.58. The second kappa shape index (κ2) is 8.71. The number of thiazole rings is 1. The van der Waals surface area contributed by atoms with Crippen molar-refractivity contribution in [2.75, 3.05) is 26.2 Å². The van der Waals surface area contributed by atoms with Crippen molar-refractivity contribution in [1.82, 2.24) is 14.8 Å². The molecule has 1 fully saturated rings. The first kappa shape index (κ1) is 23.4. The Labute approximate surface area is 184 Å². The number of aliphatic hydroxyl groups is 1. The molecule has 2 heterocycles. The molecule has 1 saturated heterocycles. The monoisotopic (exact) mass is 479 g/mol. The minimum absolute atomic E-state index is 0.0196. The highest BCUT2D eigenvalue weighted by molar-refractivity contribution is 7.09. The number of alkyl halides is 3. The van der Waals surface area contributed by atoms with E-state index in [-0.39, 0.29) is 36.8 Å². The van der Waals surface area contributed by atoms with Gasteiger partial charge in [-0.2, -0.15) is 13.2 Å². The quantitative estimate of drug-likeness (QED) is 0.682. The Hall–Kier alpha value is -2.24. The summed E-state index contributed by atoms with van der Waals surface area (Å²) in [6.07, 6.45) is -6.30. The maximum atomic E-state index is 13.6. The molecule has 168 valence electrons. The zero-order valence-corrected chi connectivity index (χ0v) is 17.8. The number of piperazine rings is 1. The van der Waals surface area contributed by atoms with Gasteiger partial charge in [0.05, 0.1) is 17.0 Å². The number of amides is 2. The average molecular weight is 480 g/mol. The van der Waals surface area contributed by atoms with E-state index < -0.39 is 40.8 Å². The smallest absolute Gasteiger partial charge is 0.374 e. The first-order chi connectivity index (χ1) is 14.4. The molecular formula is C19H18ClF4N3O3S. The number of halogens is 5. The molecule has 1 N–H and O–H groups in total. The molecule has 0 spiro atoms. The first-order valence-electron chi connectivity index (χ1n) is 9.16. The number of carbonyl (C=O) groups is 2. The molecule has 2 aromatic rings. The molecule has 1 unspecified atom stereocenters. The average Bonchev–Trinajstić information content (AvgIpc) is 3.13. The van der Waals surface area contributed by atoms with Crippen LogP contribution in [0.3, 0.4) is 0 Å². The summed E-state index contributed by atoms with van der Waals surface area (Å²) in [6.45, 7) is 1.56.